The van der Waals surface area contributed by atoms with E-state index in [-0.39, 0.29) is 29.6 Å². The second-order valence-corrected chi connectivity index (χ2v) is 10.8. The number of hydrogen-bond donors (Lipinski definition) is 1. The zero-order valence-corrected chi connectivity index (χ0v) is 17.3. The van der Waals surface area contributed by atoms with E-state index in [1.807, 2.05) is 0 Å². The summed E-state index contributed by atoms with van der Waals surface area (Å²) in [5, 5.41) is 10.2. The number of aliphatic hydroxyl groups is 1. The zero-order valence-electron chi connectivity index (χ0n) is 17.3. The van der Waals surface area contributed by atoms with Crippen LogP contribution >= 0.6 is 0 Å². The predicted molar refractivity (Wildman–Crippen MR) is 103 cm³/mol. The van der Waals surface area contributed by atoms with E-state index in [1.54, 1.807) is 0 Å². The van der Waals surface area contributed by atoms with Crippen LogP contribution in [-0.2, 0) is 9.53 Å². The Balaban J connectivity index is 1.65. The van der Waals surface area contributed by atoms with Crippen LogP contribution in [0.25, 0.3) is 0 Å². The van der Waals surface area contributed by atoms with Crippen LogP contribution in [0.3, 0.4) is 0 Å². The highest BCUT2D eigenvalue weighted by molar-refractivity contribution is 5.87. The highest BCUT2D eigenvalue weighted by Crippen LogP contribution is 2.61. The van der Waals surface area contributed by atoms with E-state index >= 15 is 0 Å². The summed E-state index contributed by atoms with van der Waals surface area (Å²) < 4.78 is 6.57. The molecule has 0 spiro atoms. The summed E-state index contributed by atoms with van der Waals surface area (Å²) in [7, 11) is 0. The first-order valence-corrected chi connectivity index (χ1v) is 11.1. The van der Waals surface area contributed by atoms with E-state index in [4.69, 9.17) is 4.74 Å². The minimum Gasteiger partial charge on any atom is -0.393 e. The number of fused-ring (bicyclic) bond motifs is 2. The van der Waals surface area contributed by atoms with Crippen LogP contribution in [0.5, 0.6) is 0 Å². The van der Waals surface area contributed by atoms with E-state index in [2.05, 4.69) is 34.6 Å². The van der Waals surface area contributed by atoms with E-state index < -0.39 is 0 Å². The van der Waals surface area contributed by atoms with Gasteiger partial charge in [-0.1, -0.05) is 27.7 Å². The van der Waals surface area contributed by atoms with Crippen molar-refractivity contribution in [3.63, 3.8) is 0 Å². The molecule has 4 rings (SSSR count). The molecule has 1 N–H and O–H groups in total. The fourth-order valence-electron chi connectivity index (χ4n) is 7.32. The number of carbonyl (C=O) groups is 1. The lowest BCUT2D eigenvalue weighted by Gasteiger charge is -2.56. The first-order valence-electron chi connectivity index (χ1n) is 11.1. The topological polar surface area (TPSA) is 46.5 Å². The Morgan fingerprint density at radius 2 is 1.69 bits per heavy atom. The molecule has 0 aromatic rings. The average molecular weight is 363 g/mol. The predicted octanol–water partition coefficient (Wildman–Crippen LogP) is 4.61. The van der Waals surface area contributed by atoms with Crippen molar-refractivity contribution in [1.29, 1.82) is 0 Å². The number of hydrogen-bond acceptors (Lipinski definition) is 3. The Morgan fingerprint density at radius 1 is 1.00 bits per heavy atom. The summed E-state index contributed by atoms with van der Waals surface area (Å²) in [4.78, 5) is 13.6. The second kappa shape index (κ2) is 6.30. The van der Waals surface area contributed by atoms with Gasteiger partial charge in [0.25, 0.3) is 0 Å². The zero-order chi connectivity index (χ0) is 18.9. The van der Waals surface area contributed by atoms with Crippen LogP contribution < -0.4 is 0 Å². The van der Waals surface area contributed by atoms with Crippen LogP contribution in [0.2, 0.25) is 0 Å². The molecule has 26 heavy (non-hydrogen) atoms. The Morgan fingerprint density at radius 3 is 2.42 bits per heavy atom. The molecule has 148 valence electrons. The second-order valence-electron chi connectivity index (χ2n) is 10.8. The number of carbonyl (C=O) groups excluding carboxylic acids is 1. The monoisotopic (exact) mass is 362 g/mol. The molecule has 0 bridgehead atoms. The third-order valence-electron chi connectivity index (χ3n) is 9.72. The lowest BCUT2D eigenvalue weighted by molar-refractivity contribution is -0.203. The first kappa shape index (κ1) is 18.9. The maximum atomic E-state index is 13.6. The van der Waals surface area contributed by atoms with E-state index in [0.29, 0.717) is 35.4 Å². The van der Waals surface area contributed by atoms with Gasteiger partial charge < -0.3 is 9.84 Å². The SMILES string of the molecule is CC1CCC2(C)C(C)CCC2C1C1O[C@H](C)C2(C)CCC(O)CC2C1=O. The fourth-order valence-corrected chi connectivity index (χ4v) is 7.32. The number of rotatable bonds is 1. The van der Waals surface area contributed by atoms with Gasteiger partial charge in [-0.3, -0.25) is 4.79 Å². The molecule has 3 nitrogen and oxygen atoms in total. The molecule has 9 unspecified atom stereocenters. The minimum atomic E-state index is -0.316. The number of ketones is 1. The van der Waals surface area contributed by atoms with Gasteiger partial charge in [0.15, 0.2) is 5.78 Å². The van der Waals surface area contributed by atoms with E-state index in [9.17, 15) is 9.90 Å². The van der Waals surface area contributed by atoms with Gasteiger partial charge in [-0.2, -0.15) is 0 Å². The molecule has 3 heteroatoms. The molecule has 10 atom stereocenters. The standard InChI is InChI=1S/C23H38O3/c1-13-8-10-22(4)14(2)6-7-17(22)19(13)21-20(25)18-12-16(24)9-11-23(18,5)15(3)26-21/h13-19,21,24H,6-12H2,1-5H3/t13?,14?,15-,16?,17?,18?,19?,21?,22?,23?/m1/s1. The summed E-state index contributed by atoms with van der Waals surface area (Å²) in [5.41, 5.74) is 0.272. The lowest BCUT2D eigenvalue weighted by atomic mass is 9.54. The van der Waals surface area contributed by atoms with Crippen LogP contribution in [0, 0.1) is 40.4 Å². The number of ether oxygens (including phenoxy) is 1. The summed E-state index contributed by atoms with van der Waals surface area (Å²) in [6.45, 7) is 11.6. The van der Waals surface area contributed by atoms with Crippen LogP contribution in [-0.4, -0.2) is 29.2 Å². The highest BCUT2D eigenvalue weighted by atomic mass is 16.5. The van der Waals surface area contributed by atoms with Gasteiger partial charge in [0.1, 0.15) is 6.10 Å². The Bertz CT molecular complexity index is 574. The Labute approximate surface area is 159 Å². The molecule has 4 fully saturated rings. The molecule has 1 heterocycles. The average Bonchev–Trinajstić information content (AvgIpc) is 2.89. The van der Waals surface area contributed by atoms with Crippen molar-refractivity contribution in [2.24, 2.45) is 40.4 Å². The quantitative estimate of drug-likeness (QED) is 0.741. The summed E-state index contributed by atoms with van der Waals surface area (Å²) >= 11 is 0. The Hall–Kier alpha value is -0.410. The van der Waals surface area contributed by atoms with Gasteiger partial charge in [-0.15, -0.1) is 0 Å². The van der Waals surface area contributed by atoms with Gasteiger partial charge in [0, 0.05) is 11.3 Å². The lowest BCUT2D eigenvalue weighted by Crippen LogP contribution is -2.60. The third-order valence-corrected chi connectivity index (χ3v) is 9.72. The van der Waals surface area contributed by atoms with Gasteiger partial charge in [-0.05, 0) is 81.0 Å². The number of Topliss-reactive ketones (excluding diaryl/α,β-unsaturated/α-hetero) is 1. The van der Waals surface area contributed by atoms with Crippen molar-refractivity contribution >= 4 is 5.78 Å². The molecule has 3 aliphatic carbocycles. The highest BCUT2D eigenvalue weighted by Gasteiger charge is 2.60. The van der Waals surface area contributed by atoms with Crippen molar-refractivity contribution in [2.45, 2.75) is 97.9 Å². The smallest absolute Gasteiger partial charge is 0.165 e. The van der Waals surface area contributed by atoms with Crippen LogP contribution in [0.1, 0.15) is 79.6 Å². The van der Waals surface area contributed by atoms with Crippen molar-refractivity contribution in [3.8, 4) is 0 Å². The van der Waals surface area contributed by atoms with Gasteiger partial charge in [-0.25, -0.2) is 0 Å². The normalized spacial score (nSPS) is 57.5. The van der Waals surface area contributed by atoms with Crippen LogP contribution in [0.15, 0.2) is 0 Å². The summed E-state index contributed by atoms with van der Waals surface area (Å²) in [6, 6.07) is 0. The maximum absolute atomic E-state index is 13.6. The maximum Gasteiger partial charge on any atom is 0.165 e. The summed E-state index contributed by atoms with van der Waals surface area (Å²) in [5.74, 6) is 2.56. The van der Waals surface area contributed by atoms with E-state index in [1.165, 1.54) is 25.7 Å². The molecular formula is C23H38O3. The molecule has 0 aromatic carbocycles. The molecule has 1 aliphatic heterocycles. The Kier molecular flexibility index (Phi) is 4.59. The fraction of sp³-hybridized carbons (Fsp3) is 0.957. The largest absolute Gasteiger partial charge is 0.393 e. The molecule has 3 saturated carbocycles. The van der Waals surface area contributed by atoms with Crippen molar-refractivity contribution in [2.75, 3.05) is 0 Å². The molecular weight excluding hydrogens is 324 g/mol. The molecule has 1 saturated heterocycles. The first-order chi connectivity index (χ1) is 12.2. The molecule has 4 aliphatic rings. The summed E-state index contributed by atoms with van der Waals surface area (Å²) in [6.07, 6.45) is 6.93. The molecule has 0 radical (unpaired) electrons. The van der Waals surface area contributed by atoms with Gasteiger partial charge >= 0.3 is 0 Å². The van der Waals surface area contributed by atoms with Gasteiger partial charge in [0.05, 0.1) is 12.2 Å². The van der Waals surface area contributed by atoms with Crippen molar-refractivity contribution < 1.29 is 14.6 Å². The van der Waals surface area contributed by atoms with Crippen LogP contribution in [0.4, 0.5) is 0 Å². The molecule has 0 aromatic heterocycles. The van der Waals surface area contributed by atoms with Gasteiger partial charge in [0.2, 0.25) is 0 Å². The number of aliphatic hydroxyl groups excluding tert-OH is 1. The van der Waals surface area contributed by atoms with E-state index in [0.717, 1.165) is 18.8 Å². The van der Waals surface area contributed by atoms with Crippen molar-refractivity contribution in [1.82, 2.24) is 0 Å². The van der Waals surface area contributed by atoms with Crippen molar-refractivity contribution in [3.05, 3.63) is 0 Å². The molecule has 0 amide bonds. The minimum absolute atomic E-state index is 0.0285. The third kappa shape index (κ3) is 2.56.